The monoisotopic (exact) mass is 230 g/mol. The molecule has 16 heavy (non-hydrogen) atoms. The summed E-state index contributed by atoms with van der Waals surface area (Å²) in [5.74, 6) is -1.75. The normalized spacial score (nSPS) is 33.6. The van der Waals surface area contributed by atoms with Gasteiger partial charge in [0.25, 0.3) is 0 Å². The highest BCUT2D eigenvalue weighted by Gasteiger charge is 2.61. The van der Waals surface area contributed by atoms with Gasteiger partial charge >= 0.3 is 5.97 Å². The van der Waals surface area contributed by atoms with Crippen LogP contribution in [0.25, 0.3) is 0 Å². The van der Waals surface area contributed by atoms with Crippen molar-refractivity contribution < 1.29 is 19.7 Å². The third-order valence-corrected chi connectivity index (χ3v) is 3.55. The molecule has 0 aromatic carbocycles. The first-order chi connectivity index (χ1) is 7.06. The molecule has 1 aliphatic rings. The lowest BCUT2D eigenvalue weighted by Crippen LogP contribution is -2.54. The van der Waals surface area contributed by atoms with Gasteiger partial charge in [0.1, 0.15) is 5.60 Å². The summed E-state index contributed by atoms with van der Waals surface area (Å²) in [6, 6.07) is 0. The van der Waals surface area contributed by atoms with Gasteiger partial charge in [-0.15, -0.1) is 0 Å². The molecule has 0 amide bonds. The van der Waals surface area contributed by atoms with E-state index in [0.717, 1.165) is 0 Å². The third kappa shape index (κ3) is 1.96. The maximum atomic E-state index is 11.2. The second-order valence-corrected chi connectivity index (χ2v) is 5.77. The topological polar surface area (TPSA) is 66.8 Å². The zero-order chi connectivity index (χ0) is 12.8. The average molecular weight is 230 g/mol. The van der Waals surface area contributed by atoms with Gasteiger partial charge in [0.05, 0.1) is 17.1 Å². The van der Waals surface area contributed by atoms with Crippen LogP contribution in [0.15, 0.2) is 0 Å². The van der Waals surface area contributed by atoms with E-state index in [1.54, 1.807) is 20.8 Å². The standard InChI is InChI=1S/C12H22O4/c1-6-8(9(13)14)12(15)7-10(2,3)16-11(12,4)5/h8,15H,6-7H2,1-5H3,(H,13,14). The Labute approximate surface area is 96.6 Å². The molecular weight excluding hydrogens is 208 g/mol. The molecule has 1 rings (SSSR count). The van der Waals surface area contributed by atoms with Gasteiger partial charge < -0.3 is 14.9 Å². The molecule has 0 aromatic rings. The van der Waals surface area contributed by atoms with Gasteiger partial charge in [0.2, 0.25) is 0 Å². The maximum absolute atomic E-state index is 11.2. The molecule has 0 aliphatic carbocycles. The Morgan fingerprint density at radius 2 is 1.88 bits per heavy atom. The van der Waals surface area contributed by atoms with Gasteiger partial charge in [-0.25, -0.2) is 0 Å². The third-order valence-electron chi connectivity index (χ3n) is 3.55. The van der Waals surface area contributed by atoms with E-state index in [9.17, 15) is 15.0 Å². The van der Waals surface area contributed by atoms with Crippen molar-refractivity contribution in [3.63, 3.8) is 0 Å². The van der Waals surface area contributed by atoms with Crippen molar-refractivity contribution >= 4 is 5.97 Å². The molecule has 1 aliphatic heterocycles. The van der Waals surface area contributed by atoms with Gasteiger partial charge in [-0.05, 0) is 34.1 Å². The smallest absolute Gasteiger partial charge is 0.309 e. The molecule has 0 bridgehead atoms. The summed E-state index contributed by atoms with van der Waals surface area (Å²) in [6.07, 6.45) is 0.743. The van der Waals surface area contributed by atoms with Crippen molar-refractivity contribution in [2.45, 2.75) is 64.3 Å². The molecule has 2 N–H and O–H groups in total. The van der Waals surface area contributed by atoms with Crippen LogP contribution in [0.2, 0.25) is 0 Å². The molecule has 0 saturated carbocycles. The predicted octanol–water partition coefficient (Wildman–Crippen LogP) is 1.81. The summed E-state index contributed by atoms with van der Waals surface area (Å²) < 4.78 is 5.77. The van der Waals surface area contributed by atoms with Crippen LogP contribution >= 0.6 is 0 Å². The molecule has 1 saturated heterocycles. The minimum atomic E-state index is -1.31. The zero-order valence-electron chi connectivity index (χ0n) is 10.7. The SMILES string of the molecule is CCC(C(=O)O)C1(O)CC(C)(C)OC1(C)C. The Morgan fingerprint density at radius 3 is 2.12 bits per heavy atom. The Balaban J connectivity index is 3.12. The van der Waals surface area contributed by atoms with Gasteiger partial charge in [-0.2, -0.15) is 0 Å². The van der Waals surface area contributed by atoms with Gasteiger partial charge in [0, 0.05) is 6.42 Å². The maximum Gasteiger partial charge on any atom is 0.309 e. The number of rotatable bonds is 3. The van der Waals surface area contributed by atoms with Gasteiger partial charge in [-0.3, -0.25) is 4.79 Å². The Morgan fingerprint density at radius 1 is 1.38 bits per heavy atom. The van der Waals surface area contributed by atoms with Crippen LogP contribution in [0.5, 0.6) is 0 Å². The summed E-state index contributed by atoms with van der Waals surface area (Å²) in [6.45, 7) is 9.04. The predicted molar refractivity (Wildman–Crippen MR) is 60.2 cm³/mol. The molecule has 94 valence electrons. The zero-order valence-corrected chi connectivity index (χ0v) is 10.7. The second kappa shape index (κ2) is 3.70. The molecule has 0 radical (unpaired) electrons. The first kappa shape index (κ1) is 13.5. The minimum absolute atomic E-state index is 0.345. The first-order valence-corrected chi connectivity index (χ1v) is 5.71. The highest BCUT2D eigenvalue weighted by molar-refractivity contribution is 5.72. The lowest BCUT2D eigenvalue weighted by atomic mass is 9.72. The van der Waals surface area contributed by atoms with Gasteiger partial charge in [-0.1, -0.05) is 6.92 Å². The number of carboxylic acid groups (broad SMARTS) is 1. The van der Waals surface area contributed by atoms with Crippen molar-refractivity contribution in [2.24, 2.45) is 5.92 Å². The van der Waals surface area contributed by atoms with E-state index in [0.29, 0.717) is 12.8 Å². The number of carboxylic acids is 1. The number of hydrogen-bond acceptors (Lipinski definition) is 3. The molecule has 0 aromatic heterocycles. The number of aliphatic carboxylic acids is 1. The van der Waals surface area contributed by atoms with Crippen molar-refractivity contribution in [1.82, 2.24) is 0 Å². The number of ether oxygens (including phenoxy) is 1. The Bertz CT molecular complexity index is 295. The second-order valence-electron chi connectivity index (χ2n) is 5.77. The summed E-state index contributed by atoms with van der Waals surface area (Å²) in [5.41, 5.74) is -2.63. The van der Waals surface area contributed by atoms with E-state index in [4.69, 9.17) is 4.74 Å². The van der Waals surface area contributed by atoms with Crippen LogP contribution in [-0.4, -0.2) is 33.0 Å². The molecule has 2 atom stereocenters. The van der Waals surface area contributed by atoms with E-state index < -0.39 is 28.7 Å². The Kier molecular flexibility index (Phi) is 3.12. The lowest BCUT2D eigenvalue weighted by Gasteiger charge is -2.39. The van der Waals surface area contributed by atoms with E-state index in [1.165, 1.54) is 0 Å². The molecule has 4 heteroatoms. The summed E-state index contributed by atoms with van der Waals surface area (Å²) >= 11 is 0. The van der Waals surface area contributed by atoms with E-state index in [2.05, 4.69) is 0 Å². The number of carbonyl (C=O) groups is 1. The highest BCUT2D eigenvalue weighted by atomic mass is 16.5. The molecule has 0 spiro atoms. The first-order valence-electron chi connectivity index (χ1n) is 5.71. The summed E-state index contributed by atoms with van der Waals surface area (Å²) in [5, 5.41) is 19.9. The van der Waals surface area contributed by atoms with Crippen LogP contribution in [-0.2, 0) is 9.53 Å². The number of hydrogen-bond donors (Lipinski definition) is 2. The summed E-state index contributed by atoms with van der Waals surface area (Å²) in [7, 11) is 0. The Hall–Kier alpha value is -0.610. The van der Waals surface area contributed by atoms with Crippen molar-refractivity contribution in [3.8, 4) is 0 Å². The van der Waals surface area contributed by atoms with Crippen LogP contribution in [0.3, 0.4) is 0 Å². The van der Waals surface area contributed by atoms with Crippen LogP contribution < -0.4 is 0 Å². The fourth-order valence-corrected chi connectivity index (χ4v) is 2.94. The molecule has 4 nitrogen and oxygen atoms in total. The highest BCUT2D eigenvalue weighted by Crippen LogP contribution is 2.49. The van der Waals surface area contributed by atoms with Crippen LogP contribution in [0.4, 0.5) is 0 Å². The van der Waals surface area contributed by atoms with Crippen molar-refractivity contribution in [2.75, 3.05) is 0 Å². The van der Waals surface area contributed by atoms with Crippen LogP contribution in [0.1, 0.15) is 47.5 Å². The van der Waals surface area contributed by atoms with E-state index in [1.807, 2.05) is 13.8 Å². The van der Waals surface area contributed by atoms with E-state index >= 15 is 0 Å². The van der Waals surface area contributed by atoms with Gasteiger partial charge in [0.15, 0.2) is 0 Å². The molecule has 1 heterocycles. The minimum Gasteiger partial charge on any atom is -0.481 e. The summed E-state index contributed by atoms with van der Waals surface area (Å²) in [4.78, 5) is 11.2. The molecule has 1 fully saturated rings. The lowest BCUT2D eigenvalue weighted by molar-refractivity contribution is -0.173. The quantitative estimate of drug-likeness (QED) is 0.776. The molecular formula is C12H22O4. The molecule has 2 unspecified atom stereocenters. The average Bonchev–Trinajstić information content (AvgIpc) is 2.15. The van der Waals surface area contributed by atoms with Crippen LogP contribution in [0, 0.1) is 5.92 Å². The fourth-order valence-electron chi connectivity index (χ4n) is 2.94. The van der Waals surface area contributed by atoms with Crippen molar-refractivity contribution in [1.29, 1.82) is 0 Å². The van der Waals surface area contributed by atoms with E-state index in [-0.39, 0.29) is 0 Å². The number of aliphatic hydroxyl groups is 1. The van der Waals surface area contributed by atoms with Crippen molar-refractivity contribution in [3.05, 3.63) is 0 Å². The largest absolute Gasteiger partial charge is 0.481 e. The fraction of sp³-hybridized carbons (Fsp3) is 0.917.